The van der Waals surface area contributed by atoms with E-state index in [0.717, 1.165) is 11.4 Å². The molecule has 9 heteroatoms. The van der Waals surface area contributed by atoms with Crippen LogP contribution >= 0.6 is 11.6 Å². The zero-order chi connectivity index (χ0) is 19.6. The number of nitro benzene ring substituents is 1. The highest BCUT2D eigenvalue weighted by Crippen LogP contribution is 2.24. The first-order chi connectivity index (χ1) is 12.9. The highest BCUT2D eigenvalue weighted by molar-refractivity contribution is 6.31. The van der Waals surface area contributed by atoms with Gasteiger partial charge in [-0.15, -0.1) is 0 Å². The maximum Gasteiger partial charge on any atom is 0.282 e. The van der Waals surface area contributed by atoms with E-state index in [1.807, 2.05) is 19.9 Å². The van der Waals surface area contributed by atoms with E-state index in [-0.39, 0.29) is 22.8 Å². The van der Waals surface area contributed by atoms with Crippen LogP contribution in [0.5, 0.6) is 0 Å². The number of nitrogens with zero attached hydrogens (tertiary/aromatic N) is 3. The molecule has 3 aromatic rings. The Morgan fingerprint density at radius 1 is 1.37 bits per heavy atom. The van der Waals surface area contributed by atoms with Gasteiger partial charge in [0.1, 0.15) is 17.4 Å². The molecule has 1 N–H and O–H groups in total. The minimum atomic E-state index is -0.615. The van der Waals surface area contributed by atoms with E-state index in [9.17, 15) is 14.9 Å². The third-order valence-corrected chi connectivity index (χ3v) is 4.30. The molecule has 0 saturated carbocycles. The van der Waals surface area contributed by atoms with Gasteiger partial charge in [0.2, 0.25) is 0 Å². The lowest BCUT2D eigenvalue weighted by Gasteiger charge is -2.18. The standard InChI is InChI=1S/C18H17ClN4O4/c1-11-8-12(2)22(21-11)16(17-4-3-7-27-17)10-20-18(24)14-9-13(19)5-6-15(14)23(25)26/h3-9,16H,10H2,1-2H3,(H,20,24). The molecule has 3 rings (SSSR count). The lowest BCUT2D eigenvalue weighted by molar-refractivity contribution is -0.385. The molecule has 2 heterocycles. The summed E-state index contributed by atoms with van der Waals surface area (Å²) in [5.41, 5.74) is 1.33. The summed E-state index contributed by atoms with van der Waals surface area (Å²) >= 11 is 5.90. The van der Waals surface area contributed by atoms with E-state index in [2.05, 4.69) is 10.4 Å². The van der Waals surface area contributed by atoms with E-state index < -0.39 is 16.9 Å². The van der Waals surface area contributed by atoms with Gasteiger partial charge in [0.05, 0.1) is 16.9 Å². The molecule has 0 aliphatic heterocycles. The van der Waals surface area contributed by atoms with Crippen LogP contribution in [0.1, 0.15) is 33.5 Å². The van der Waals surface area contributed by atoms with Crippen LogP contribution < -0.4 is 5.32 Å². The number of rotatable bonds is 6. The second-order valence-electron chi connectivity index (χ2n) is 6.03. The number of hydrogen-bond acceptors (Lipinski definition) is 5. The zero-order valence-electron chi connectivity index (χ0n) is 14.7. The quantitative estimate of drug-likeness (QED) is 0.512. The van der Waals surface area contributed by atoms with Crippen molar-refractivity contribution in [3.8, 4) is 0 Å². The van der Waals surface area contributed by atoms with Gasteiger partial charge in [0, 0.05) is 23.3 Å². The number of aromatic nitrogens is 2. The van der Waals surface area contributed by atoms with Crippen molar-refractivity contribution >= 4 is 23.2 Å². The molecule has 1 atom stereocenters. The molecule has 8 nitrogen and oxygen atoms in total. The molecule has 1 aromatic carbocycles. The van der Waals surface area contributed by atoms with Crippen molar-refractivity contribution in [3.63, 3.8) is 0 Å². The normalized spacial score (nSPS) is 12.0. The Hall–Kier alpha value is -3.13. The van der Waals surface area contributed by atoms with Crippen molar-refractivity contribution in [1.29, 1.82) is 0 Å². The van der Waals surface area contributed by atoms with Gasteiger partial charge in [0.25, 0.3) is 11.6 Å². The summed E-state index contributed by atoms with van der Waals surface area (Å²) in [4.78, 5) is 23.2. The third kappa shape index (κ3) is 4.01. The molecule has 1 unspecified atom stereocenters. The molecule has 0 bridgehead atoms. The summed E-state index contributed by atoms with van der Waals surface area (Å²) in [6.45, 7) is 3.91. The van der Waals surface area contributed by atoms with Gasteiger partial charge in [-0.3, -0.25) is 19.6 Å². The van der Waals surface area contributed by atoms with E-state index in [4.69, 9.17) is 16.0 Å². The number of aryl methyl sites for hydroxylation is 2. The summed E-state index contributed by atoms with van der Waals surface area (Å²) in [5, 5.41) is 18.6. The van der Waals surface area contributed by atoms with Crippen LogP contribution in [0.3, 0.4) is 0 Å². The molecule has 0 fully saturated rings. The van der Waals surface area contributed by atoms with Crippen LogP contribution in [-0.2, 0) is 0 Å². The first-order valence-electron chi connectivity index (χ1n) is 8.15. The van der Waals surface area contributed by atoms with Crippen LogP contribution in [0, 0.1) is 24.0 Å². The van der Waals surface area contributed by atoms with E-state index >= 15 is 0 Å². The van der Waals surface area contributed by atoms with Crippen molar-refractivity contribution in [1.82, 2.24) is 15.1 Å². The van der Waals surface area contributed by atoms with Crippen molar-refractivity contribution in [3.05, 3.63) is 80.5 Å². The monoisotopic (exact) mass is 388 g/mol. The van der Waals surface area contributed by atoms with Crippen molar-refractivity contribution < 1.29 is 14.1 Å². The summed E-state index contributed by atoms with van der Waals surface area (Å²) in [5.74, 6) is 0.0179. The Morgan fingerprint density at radius 2 is 2.15 bits per heavy atom. The number of nitrogens with one attached hydrogen (secondary N) is 1. The van der Waals surface area contributed by atoms with Gasteiger partial charge in [0.15, 0.2) is 0 Å². The van der Waals surface area contributed by atoms with Gasteiger partial charge in [-0.25, -0.2) is 0 Å². The number of hydrogen-bond donors (Lipinski definition) is 1. The Bertz CT molecular complexity index is 981. The maximum atomic E-state index is 12.6. The highest BCUT2D eigenvalue weighted by atomic mass is 35.5. The Labute approximate surface area is 159 Å². The lowest BCUT2D eigenvalue weighted by atomic mass is 10.1. The van der Waals surface area contributed by atoms with E-state index in [0.29, 0.717) is 5.76 Å². The topological polar surface area (TPSA) is 103 Å². The van der Waals surface area contributed by atoms with Gasteiger partial charge < -0.3 is 9.73 Å². The van der Waals surface area contributed by atoms with Gasteiger partial charge in [-0.2, -0.15) is 5.10 Å². The number of benzene rings is 1. The summed E-state index contributed by atoms with van der Waals surface area (Å²) in [6.07, 6.45) is 1.54. The second kappa shape index (κ2) is 7.63. The van der Waals surface area contributed by atoms with E-state index in [1.165, 1.54) is 24.5 Å². The molecule has 0 spiro atoms. The number of halogens is 1. The van der Waals surface area contributed by atoms with Crippen molar-refractivity contribution in [2.75, 3.05) is 6.54 Å². The lowest BCUT2D eigenvalue weighted by Crippen LogP contribution is -2.32. The smallest absolute Gasteiger partial charge is 0.282 e. The minimum absolute atomic E-state index is 0.0981. The Kier molecular flexibility index (Phi) is 5.27. The summed E-state index contributed by atoms with van der Waals surface area (Å²) in [6, 6.07) is 8.92. The molecular formula is C18H17ClN4O4. The van der Waals surface area contributed by atoms with Crippen molar-refractivity contribution in [2.45, 2.75) is 19.9 Å². The molecule has 1 amide bonds. The third-order valence-electron chi connectivity index (χ3n) is 4.07. The Balaban J connectivity index is 1.86. The molecule has 0 aliphatic rings. The number of carbonyl (C=O) groups excluding carboxylic acids is 1. The molecule has 140 valence electrons. The molecule has 27 heavy (non-hydrogen) atoms. The van der Waals surface area contributed by atoms with Crippen LogP contribution in [0.15, 0.2) is 47.1 Å². The summed E-state index contributed by atoms with van der Waals surface area (Å²) in [7, 11) is 0. The molecule has 0 saturated heterocycles. The van der Waals surface area contributed by atoms with Crippen LogP contribution in [0.2, 0.25) is 5.02 Å². The summed E-state index contributed by atoms with van der Waals surface area (Å²) < 4.78 is 7.24. The van der Waals surface area contributed by atoms with Gasteiger partial charge >= 0.3 is 0 Å². The highest BCUT2D eigenvalue weighted by Gasteiger charge is 2.24. The van der Waals surface area contributed by atoms with Gasteiger partial charge in [-0.05, 0) is 44.2 Å². The number of carbonyl (C=O) groups is 1. The van der Waals surface area contributed by atoms with Gasteiger partial charge in [-0.1, -0.05) is 11.6 Å². The average Bonchev–Trinajstić information content (AvgIpc) is 3.25. The average molecular weight is 389 g/mol. The fourth-order valence-corrected chi connectivity index (χ4v) is 3.06. The first kappa shape index (κ1) is 18.7. The fourth-order valence-electron chi connectivity index (χ4n) is 2.88. The predicted octanol–water partition coefficient (Wildman–Crippen LogP) is 3.67. The number of nitro groups is 1. The van der Waals surface area contributed by atoms with Crippen LogP contribution in [0.25, 0.3) is 0 Å². The maximum absolute atomic E-state index is 12.6. The second-order valence-corrected chi connectivity index (χ2v) is 6.47. The molecule has 0 aliphatic carbocycles. The largest absolute Gasteiger partial charge is 0.467 e. The molecular weight excluding hydrogens is 372 g/mol. The van der Waals surface area contributed by atoms with Crippen LogP contribution in [-0.4, -0.2) is 27.2 Å². The molecule has 2 aromatic heterocycles. The van der Waals surface area contributed by atoms with Crippen molar-refractivity contribution in [2.24, 2.45) is 0 Å². The SMILES string of the molecule is Cc1cc(C)n(C(CNC(=O)c2cc(Cl)ccc2[N+](=O)[O-])c2ccco2)n1. The zero-order valence-corrected chi connectivity index (χ0v) is 15.4. The fraction of sp³-hybridized carbons (Fsp3) is 0.222. The minimum Gasteiger partial charge on any atom is -0.467 e. The number of furan rings is 1. The predicted molar refractivity (Wildman–Crippen MR) is 99.0 cm³/mol. The first-order valence-corrected chi connectivity index (χ1v) is 8.53. The number of amides is 1. The van der Waals surface area contributed by atoms with E-state index in [1.54, 1.807) is 16.8 Å². The Morgan fingerprint density at radius 3 is 2.74 bits per heavy atom. The van der Waals surface area contributed by atoms with Crippen LogP contribution in [0.4, 0.5) is 5.69 Å². The molecule has 0 radical (unpaired) electrons.